The molecule has 0 unspecified atom stereocenters. The Labute approximate surface area is 193 Å². The smallest absolute Gasteiger partial charge is 0.271 e. The third-order valence-electron chi connectivity index (χ3n) is 6.84. The quantitative estimate of drug-likeness (QED) is 0.568. The Hall–Kier alpha value is -3.15. The van der Waals surface area contributed by atoms with E-state index in [-0.39, 0.29) is 22.4 Å². The van der Waals surface area contributed by atoms with Gasteiger partial charge in [0.25, 0.3) is 17.7 Å². The molecule has 7 rings (SSSR count). The predicted octanol–water partition coefficient (Wildman–Crippen LogP) is 4.53. The molecule has 2 bridgehead atoms. The van der Waals surface area contributed by atoms with Crippen LogP contribution >= 0.6 is 23.2 Å². The molecule has 158 valence electrons. The lowest BCUT2D eigenvalue weighted by Gasteiger charge is -2.45. The standard InChI is InChI=1S/C25H16Cl2N2O3/c26-12-9-10-17(18(27)11-12)23(30)28-29-24(31)21-19-13-5-1-2-6-14(13)20(22(21)25(29)32)16-8-4-3-7-15(16)19/h1-11,19-22H,(H,28,30)/t19?,20?,21-,22-/m1/s1. The topological polar surface area (TPSA) is 66.5 Å². The number of benzene rings is 3. The van der Waals surface area contributed by atoms with E-state index in [9.17, 15) is 14.4 Å². The average Bonchev–Trinajstić information content (AvgIpc) is 3.04. The van der Waals surface area contributed by atoms with E-state index in [4.69, 9.17) is 23.2 Å². The summed E-state index contributed by atoms with van der Waals surface area (Å²) in [5.74, 6) is -2.98. The van der Waals surface area contributed by atoms with E-state index in [0.29, 0.717) is 5.02 Å². The van der Waals surface area contributed by atoms with Crippen LogP contribution in [-0.2, 0) is 9.59 Å². The maximum atomic E-state index is 13.5. The van der Waals surface area contributed by atoms with E-state index in [2.05, 4.69) is 5.43 Å². The summed E-state index contributed by atoms with van der Waals surface area (Å²) in [6.07, 6.45) is 0. The SMILES string of the molecule is O=C(NN1C(=O)[C@@H]2C3c4ccccc4C(c4ccccc43)[C@H]2C1=O)c1ccc(Cl)cc1Cl. The van der Waals surface area contributed by atoms with E-state index in [1.165, 1.54) is 18.2 Å². The predicted molar refractivity (Wildman–Crippen MR) is 119 cm³/mol. The molecule has 3 aromatic carbocycles. The number of nitrogens with one attached hydrogen (secondary N) is 1. The van der Waals surface area contributed by atoms with Crippen molar-refractivity contribution in [1.29, 1.82) is 0 Å². The maximum absolute atomic E-state index is 13.5. The summed E-state index contributed by atoms with van der Waals surface area (Å²) in [6.45, 7) is 0. The minimum Gasteiger partial charge on any atom is -0.272 e. The molecule has 1 N–H and O–H groups in total. The van der Waals surface area contributed by atoms with Crippen LogP contribution in [0.4, 0.5) is 0 Å². The Kier molecular flexibility index (Phi) is 4.23. The first-order valence-electron chi connectivity index (χ1n) is 10.3. The summed E-state index contributed by atoms with van der Waals surface area (Å²) in [5.41, 5.74) is 6.95. The van der Waals surface area contributed by atoms with Gasteiger partial charge in [-0.3, -0.25) is 19.8 Å². The summed E-state index contributed by atoms with van der Waals surface area (Å²) >= 11 is 12.1. The van der Waals surface area contributed by atoms with Gasteiger partial charge < -0.3 is 0 Å². The van der Waals surface area contributed by atoms with Gasteiger partial charge >= 0.3 is 0 Å². The molecule has 5 nitrogen and oxygen atoms in total. The van der Waals surface area contributed by atoms with E-state index < -0.39 is 29.6 Å². The van der Waals surface area contributed by atoms with Crippen molar-refractivity contribution in [2.24, 2.45) is 11.8 Å². The molecular formula is C25H16Cl2N2O3. The first kappa shape index (κ1) is 19.5. The monoisotopic (exact) mass is 462 g/mol. The van der Waals surface area contributed by atoms with Crippen molar-refractivity contribution in [2.45, 2.75) is 11.8 Å². The fraction of sp³-hybridized carbons (Fsp3) is 0.160. The molecule has 1 fully saturated rings. The molecule has 1 heterocycles. The Bertz CT molecular complexity index is 1220. The second kappa shape index (κ2) is 6.92. The van der Waals surface area contributed by atoms with Gasteiger partial charge in [0.1, 0.15) is 0 Å². The summed E-state index contributed by atoms with van der Waals surface area (Å²) in [6, 6.07) is 20.4. The van der Waals surface area contributed by atoms with Crippen molar-refractivity contribution >= 4 is 40.9 Å². The molecule has 3 aromatic rings. The van der Waals surface area contributed by atoms with Crippen molar-refractivity contribution in [3.05, 3.63) is 105 Å². The lowest BCUT2D eigenvalue weighted by Crippen LogP contribution is -2.46. The Balaban J connectivity index is 1.41. The maximum Gasteiger partial charge on any atom is 0.271 e. The second-order valence-corrected chi connectivity index (χ2v) is 9.19. The molecule has 4 aliphatic rings. The van der Waals surface area contributed by atoms with Gasteiger partial charge in [-0.2, -0.15) is 5.01 Å². The molecule has 0 aromatic heterocycles. The van der Waals surface area contributed by atoms with E-state index in [1.807, 2.05) is 48.5 Å². The highest BCUT2D eigenvalue weighted by Gasteiger charge is 2.62. The van der Waals surface area contributed by atoms with Gasteiger partial charge in [0.15, 0.2) is 0 Å². The van der Waals surface area contributed by atoms with Gasteiger partial charge in [0.05, 0.1) is 22.4 Å². The number of nitrogens with zero attached hydrogens (tertiary/aromatic N) is 1. The van der Waals surface area contributed by atoms with Crippen LogP contribution in [0, 0.1) is 11.8 Å². The van der Waals surface area contributed by atoms with Crippen molar-refractivity contribution in [3.63, 3.8) is 0 Å². The molecule has 0 saturated carbocycles. The molecule has 3 aliphatic carbocycles. The van der Waals surface area contributed by atoms with Crippen LogP contribution in [-0.4, -0.2) is 22.7 Å². The number of hydrogen-bond donors (Lipinski definition) is 1. The average molecular weight is 463 g/mol. The number of hydrazine groups is 1. The van der Waals surface area contributed by atoms with E-state index >= 15 is 0 Å². The third kappa shape index (κ3) is 2.55. The van der Waals surface area contributed by atoms with Crippen LogP contribution in [0.15, 0.2) is 66.7 Å². The zero-order valence-corrected chi connectivity index (χ0v) is 18.1. The highest BCUT2D eigenvalue weighted by Crippen LogP contribution is 2.60. The molecule has 0 radical (unpaired) electrons. The second-order valence-electron chi connectivity index (χ2n) is 8.34. The Morgan fingerprint density at radius 1 is 0.750 bits per heavy atom. The van der Waals surface area contributed by atoms with Gasteiger partial charge in [0, 0.05) is 16.9 Å². The van der Waals surface area contributed by atoms with Gasteiger partial charge in [0.2, 0.25) is 0 Å². The number of rotatable bonds is 2. The molecule has 7 heteroatoms. The number of amides is 3. The zero-order valence-electron chi connectivity index (χ0n) is 16.6. The highest BCUT2D eigenvalue weighted by atomic mass is 35.5. The minimum atomic E-state index is -0.630. The number of halogens is 2. The molecular weight excluding hydrogens is 447 g/mol. The van der Waals surface area contributed by atoms with Crippen LogP contribution in [0.25, 0.3) is 0 Å². The van der Waals surface area contributed by atoms with Gasteiger partial charge in [-0.25, -0.2) is 0 Å². The van der Waals surface area contributed by atoms with Crippen LogP contribution < -0.4 is 5.43 Å². The summed E-state index contributed by atoms with van der Waals surface area (Å²) < 4.78 is 0. The van der Waals surface area contributed by atoms with Crippen molar-refractivity contribution in [2.75, 3.05) is 0 Å². The molecule has 2 atom stereocenters. The highest BCUT2D eigenvalue weighted by molar-refractivity contribution is 6.36. The fourth-order valence-corrected chi connectivity index (χ4v) is 6.12. The summed E-state index contributed by atoms with van der Waals surface area (Å²) in [5, 5.41) is 1.42. The fourth-order valence-electron chi connectivity index (χ4n) is 5.62. The van der Waals surface area contributed by atoms with Crippen molar-refractivity contribution in [1.82, 2.24) is 10.4 Å². The van der Waals surface area contributed by atoms with Crippen molar-refractivity contribution in [3.8, 4) is 0 Å². The zero-order chi connectivity index (χ0) is 22.1. The van der Waals surface area contributed by atoms with Crippen LogP contribution in [0.2, 0.25) is 10.0 Å². The number of carbonyl (C=O) groups excluding carboxylic acids is 3. The molecule has 0 spiro atoms. The molecule has 1 aliphatic heterocycles. The lowest BCUT2D eigenvalue weighted by atomic mass is 9.55. The van der Waals surface area contributed by atoms with E-state index in [0.717, 1.165) is 27.3 Å². The largest absolute Gasteiger partial charge is 0.272 e. The minimum absolute atomic E-state index is 0.140. The number of hydrogen-bond acceptors (Lipinski definition) is 3. The van der Waals surface area contributed by atoms with Crippen LogP contribution in [0.1, 0.15) is 44.4 Å². The lowest BCUT2D eigenvalue weighted by molar-refractivity contribution is -0.142. The number of carbonyl (C=O) groups is 3. The molecule has 32 heavy (non-hydrogen) atoms. The Morgan fingerprint density at radius 2 is 1.22 bits per heavy atom. The Morgan fingerprint density at radius 3 is 1.66 bits per heavy atom. The first-order chi connectivity index (χ1) is 15.5. The summed E-state index contributed by atoms with van der Waals surface area (Å²) in [4.78, 5) is 39.9. The van der Waals surface area contributed by atoms with Gasteiger partial charge in [-0.05, 0) is 40.5 Å². The van der Waals surface area contributed by atoms with E-state index in [1.54, 1.807) is 0 Å². The van der Waals surface area contributed by atoms with Gasteiger partial charge in [-0.15, -0.1) is 0 Å². The molecule has 3 amide bonds. The first-order valence-corrected chi connectivity index (χ1v) is 11.0. The normalized spacial score (nSPS) is 24.8. The van der Waals surface area contributed by atoms with Crippen LogP contribution in [0.3, 0.4) is 0 Å². The van der Waals surface area contributed by atoms with Crippen LogP contribution in [0.5, 0.6) is 0 Å². The summed E-state index contributed by atoms with van der Waals surface area (Å²) in [7, 11) is 0. The molecule has 1 saturated heterocycles. The van der Waals surface area contributed by atoms with Gasteiger partial charge in [-0.1, -0.05) is 71.7 Å². The number of imide groups is 1. The van der Waals surface area contributed by atoms with Crippen molar-refractivity contribution < 1.29 is 14.4 Å². The third-order valence-corrected chi connectivity index (χ3v) is 7.39.